The number of unbranched alkanes of at least 4 members (excludes halogenated alkanes) is 2. The lowest BCUT2D eigenvalue weighted by molar-refractivity contribution is -0.139. The second kappa shape index (κ2) is 8.52. The average molecular weight is 364 g/mol. The second-order valence-corrected chi connectivity index (χ2v) is 5.66. The van der Waals surface area contributed by atoms with Crippen molar-refractivity contribution in [2.24, 2.45) is 0 Å². The molecule has 138 valence electrons. The van der Waals surface area contributed by atoms with Crippen molar-refractivity contribution in [1.82, 2.24) is 9.97 Å². The quantitative estimate of drug-likeness (QED) is 0.666. The summed E-state index contributed by atoms with van der Waals surface area (Å²) in [6.07, 6.45) is -1.43. The maximum absolute atomic E-state index is 13.2. The molecule has 8 heteroatoms. The number of ether oxygens (including phenoxy) is 1. The largest absolute Gasteiger partial charge is 0.477 e. The van der Waals surface area contributed by atoms with Gasteiger partial charge in [-0.25, -0.2) is 4.98 Å². The van der Waals surface area contributed by atoms with Gasteiger partial charge in [-0.2, -0.15) is 23.4 Å². The van der Waals surface area contributed by atoms with Crippen molar-refractivity contribution in [3.05, 3.63) is 41.6 Å². The van der Waals surface area contributed by atoms with E-state index in [1.165, 1.54) is 4.90 Å². The molecule has 2 aromatic rings. The molecule has 2 rings (SSSR count). The fraction of sp³-hybridized carbons (Fsp3) is 0.389. The molecule has 0 fully saturated rings. The zero-order valence-electron chi connectivity index (χ0n) is 14.5. The van der Waals surface area contributed by atoms with Crippen molar-refractivity contribution in [3.8, 4) is 11.9 Å². The maximum atomic E-state index is 13.2. The van der Waals surface area contributed by atoms with Crippen molar-refractivity contribution in [2.45, 2.75) is 32.4 Å². The molecular weight excluding hydrogens is 345 g/mol. The van der Waals surface area contributed by atoms with Crippen molar-refractivity contribution in [3.63, 3.8) is 0 Å². The molecule has 0 aliphatic carbocycles. The zero-order valence-corrected chi connectivity index (χ0v) is 14.5. The molecule has 0 N–H and O–H groups in total. The smallest absolute Gasteiger partial charge is 0.423 e. The summed E-state index contributed by atoms with van der Waals surface area (Å²) < 4.78 is 44.8. The van der Waals surface area contributed by atoms with E-state index in [4.69, 9.17) is 10.00 Å². The van der Waals surface area contributed by atoms with Crippen LogP contribution in [-0.2, 0) is 6.18 Å². The highest BCUT2D eigenvalue weighted by molar-refractivity contribution is 5.59. The molecule has 0 atom stereocenters. The molecule has 26 heavy (non-hydrogen) atoms. The highest BCUT2D eigenvalue weighted by Crippen LogP contribution is 2.36. The van der Waals surface area contributed by atoms with E-state index in [1.807, 2.05) is 13.0 Å². The van der Waals surface area contributed by atoms with Crippen LogP contribution in [-0.4, -0.2) is 23.6 Å². The molecule has 1 aromatic carbocycles. The summed E-state index contributed by atoms with van der Waals surface area (Å²) in [5.74, 6) is -0.430. The molecule has 0 aliphatic rings. The van der Waals surface area contributed by atoms with Gasteiger partial charge in [-0.1, -0.05) is 25.8 Å². The van der Waals surface area contributed by atoms with Crippen LogP contribution in [0.25, 0.3) is 0 Å². The summed E-state index contributed by atoms with van der Waals surface area (Å²) in [5.41, 5.74) is 0.00923. The normalized spacial score (nSPS) is 11.1. The summed E-state index contributed by atoms with van der Waals surface area (Å²) in [6.45, 7) is 2.15. The first-order chi connectivity index (χ1) is 12.4. The number of hydrogen-bond donors (Lipinski definition) is 0. The molecule has 0 radical (unpaired) electrons. The molecule has 0 saturated heterocycles. The van der Waals surface area contributed by atoms with Gasteiger partial charge in [-0.3, -0.25) is 0 Å². The third kappa shape index (κ3) is 4.85. The number of rotatable bonds is 7. The Morgan fingerprint density at radius 3 is 2.69 bits per heavy atom. The summed E-state index contributed by atoms with van der Waals surface area (Å²) in [6, 6.07) is 8.63. The third-order valence-corrected chi connectivity index (χ3v) is 3.70. The molecule has 1 heterocycles. The van der Waals surface area contributed by atoms with Crippen molar-refractivity contribution in [1.29, 1.82) is 5.26 Å². The molecule has 0 aliphatic heterocycles. The molecule has 5 nitrogen and oxygen atoms in total. The lowest BCUT2D eigenvalue weighted by atomic mass is 10.2. The van der Waals surface area contributed by atoms with E-state index in [9.17, 15) is 13.2 Å². The first kappa shape index (κ1) is 19.5. The number of anilines is 2. The molecule has 0 unspecified atom stereocenters. The number of benzene rings is 1. The molecule has 0 amide bonds. The zero-order chi connectivity index (χ0) is 19.2. The molecule has 1 aromatic heterocycles. The second-order valence-electron chi connectivity index (χ2n) is 5.66. The number of nitrogens with zero attached hydrogens (tertiary/aromatic N) is 4. The summed E-state index contributed by atoms with van der Waals surface area (Å²) in [7, 11) is 1.61. The van der Waals surface area contributed by atoms with Gasteiger partial charge in [0.2, 0.25) is 11.8 Å². The number of nitriles is 1. The molecule has 0 spiro atoms. The lowest BCUT2D eigenvalue weighted by Gasteiger charge is -2.19. The van der Waals surface area contributed by atoms with E-state index in [1.54, 1.807) is 31.3 Å². The van der Waals surface area contributed by atoms with Gasteiger partial charge in [0, 0.05) is 18.9 Å². The number of alkyl halides is 3. The Balaban J connectivity index is 2.32. The van der Waals surface area contributed by atoms with Crippen LogP contribution < -0.4 is 9.64 Å². The van der Waals surface area contributed by atoms with E-state index < -0.39 is 17.6 Å². The van der Waals surface area contributed by atoms with Crippen LogP contribution in [0, 0.1) is 11.3 Å². The fourth-order valence-corrected chi connectivity index (χ4v) is 2.24. The van der Waals surface area contributed by atoms with E-state index >= 15 is 0 Å². The van der Waals surface area contributed by atoms with E-state index in [0.717, 1.165) is 19.0 Å². The van der Waals surface area contributed by atoms with Crippen LogP contribution in [0.1, 0.15) is 37.3 Å². The van der Waals surface area contributed by atoms with Gasteiger partial charge in [-0.15, -0.1) is 0 Å². The van der Waals surface area contributed by atoms with E-state index in [0.29, 0.717) is 17.7 Å². The number of aromatic nitrogens is 2. The average Bonchev–Trinajstić information content (AvgIpc) is 2.63. The summed E-state index contributed by atoms with van der Waals surface area (Å²) >= 11 is 0. The fourth-order valence-electron chi connectivity index (χ4n) is 2.24. The van der Waals surface area contributed by atoms with Crippen molar-refractivity contribution < 1.29 is 17.9 Å². The molecular formula is C18H19F3N4O. The summed E-state index contributed by atoms with van der Waals surface area (Å²) in [5, 5.41) is 8.98. The van der Waals surface area contributed by atoms with Crippen LogP contribution in [0.3, 0.4) is 0 Å². The molecule has 0 bridgehead atoms. The van der Waals surface area contributed by atoms with Gasteiger partial charge in [0.25, 0.3) is 0 Å². The minimum atomic E-state index is -4.60. The van der Waals surface area contributed by atoms with Gasteiger partial charge < -0.3 is 9.64 Å². The lowest BCUT2D eigenvalue weighted by Crippen LogP contribution is -2.17. The first-order valence-corrected chi connectivity index (χ1v) is 8.17. The predicted octanol–water partition coefficient (Wildman–Crippen LogP) is 4.70. The maximum Gasteiger partial charge on any atom is 0.423 e. The Morgan fingerprint density at radius 1 is 1.27 bits per heavy atom. The highest BCUT2D eigenvalue weighted by Gasteiger charge is 2.36. The Morgan fingerprint density at radius 2 is 2.04 bits per heavy atom. The minimum Gasteiger partial charge on any atom is -0.477 e. The monoisotopic (exact) mass is 364 g/mol. The Hall–Kier alpha value is -2.82. The van der Waals surface area contributed by atoms with E-state index in [-0.39, 0.29) is 12.6 Å². The predicted molar refractivity (Wildman–Crippen MR) is 91.3 cm³/mol. The SMILES string of the molecule is CCCCCOc1nc(N(C)c2cccc(C#N)c2)ncc1C(F)(F)F. The van der Waals surface area contributed by atoms with Gasteiger partial charge in [0.15, 0.2) is 0 Å². The Labute approximate surface area is 150 Å². The Kier molecular flexibility index (Phi) is 6.39. The van der Waals surface area contributed by atoms with Gasteiger partial charge in [0.1, 0.15) is 5.56 Å². The third-order valence-electron chi connectivity index (χ3n) is 3.70. The molecule has 0 saturated carbocycles. The van der Waals surface area contributed by atoms with Crippen LogP contribution in [0.2, 0.25) is 0 Å². The van der Waals surface area contributed by atoms with Crippen LogP contribution in [0.4, 0.5) is 24.8 Å². The number of hydrogen-bond acceptors (Lipinski definition) is 5. The standard InChI is InChI=1S/C18H19F3N4O/c1-3-4-5-9-26-16-15(18(19,20)21)12-23-17(24-16)25(2)14-8-6-7-13(10-14)11-22/h6-8,10,12H,3-5,9H2,1-2H3. The van der Waals surface area contributed by atoms with E-state index in [2.05, 4.69) is 9.97 Å². The van der Waals surface area contributed by atoms with Crippen molar-refractivity contribution >= 4 is 11.6 Å². The van der Waals surface area contributed by atoms with Gasteiger partial charge >= 0.3 is 6.18 Å². The first-order valence-electron chi connectivity index (χ1n) is 8.17. The Bertz CT molecular complexity index is 787. The summed E-state index contributed by atoms with van der Waals surface area (Å²) in [4.78, 5) is 9.27. The van der Waals surface area contributed by atoms with Gasteiger partial charge in [-0.05, 0) is 24.6 Å². The van der Waals surface area contributed by atoms with Crippen LogP contribution in [0.15, 0.2) is 30.5 Å². The minimum absolute atomic E-state index is 0.0542. The number of halogens is 3. The van der Waals surface area contributed by atoms with Gasteiger partial charge in [0.05, 0.1) is 18.2 Å². The van der Waals surface area contributed by atoms with Crippen LogP contribution in [0.5, 0.6) is 5.88 Å². The van der Waals surface area contributed by atoms with Crippen LogP contribution >= 0.6 is 0 Å². The highest BCUT2D eigenvalue weighted by atomic mass is 19.4. The topological polar surface area (TPSA) is 62.0 Å². The van der Waals surface area contributed by atoms with Crippen molar-refractivity contribution in [2.75, 3.05) is 18.6 Å².